The van der Waals surface area contributed by atoms with Crippen molar-refractivity contribution in [2.75, 3.05) is 0 Å². The Morgan fingerprint density at radius 3 is 1.28 bits per heavy atom. The molecule has 0 amide bonds. The molecule has 4 heteroatoms. The van der Waals surface area contributed by atoms with E-state index in [9.17, 15) is 0 Å². The van der Waals surface area contributed by atoms with Gasteiger partial charge in [0.2, 0.25) is 0 Å². The van der Waals surface area contributed by atoms with Crippen LogP contribution in [0.1, 0.15) is 5.56 Å². The van der Waals surface area contributed by atoms with Gasteiger partial charge in [-0.15, -0.1) is 0 Å². The van der Waals surface area contributed by atoms with E-state index in [1.807, 2.05) is 103 Å². The summed E-state index contributed by atoms with van der Waals surface area (Å²) in [6, 6.07) is 32.8. The van der Waals surface area contributed by atoms with E-state index in [0.717, 1.165) is 22.8 Å². The number of hydrogen-bond donors (Lipinski definition) is 0. The SMILES string of the molecule is BrCc1cc(Oc2ccccc2)c(Oc2ccccc2)cc1Oc1ccccc1. The van der Waals surface area contributed by atoms with Crippen LogP contribution in [0.15, 0.2) is 103 Å². The van der Waals surface area contributed by atoms with Crippen molar-refractivity contribution in [1.82, 2.24) is 0 Å². The summed E-state index contributed by atoms with van der Waals surface area (Å²) in [7, 11) is 0. The van der Waals surface area contributed by atoms with E-state index >= 15 is 0 Å². The van der Waals surface area contributed by atoms with Gasteiger partial charge in [0.05, 0.1) is 0 Å². The lowest BCUT2D eigenvalue weighted by Crippen LogP contribution is -1.96. The third kappa shape index (κ3) is 4.98. The molecule has 0 aliphatic rings. The normalized spacial score (nSPS) is 10.4. The Balaban J connectivity index is 1.74. The largest absolute Gasteiger partial charge is 0.457 e. The van der Waals surface area contributed by atoms with Crippen molar-refractivity contribution in [3.63, 3.8) is 0 Å². The van der Waals surface area contributed by atoms with Crippen molar-refractivity contribution in [3.05, 3.63) is 109 Å². The summed E-state index contributed by atoms with van der Waals surface area (Å²) in [4.78, 5) is 0. The molecule has 3 nitrogen and oxygen atoms in total. The lowest BCUT2D eigenvalue weighted by Gasteiger charge is -2.17. The van der Waals surface area contributed by atoms with Crippen LogP contribution < -0.4 is 14.2 Å². The smallest absolute Gasteiger partial charge is 0.173 e. The highest BCUT2D eigenvalue weighted by atomic mass is 79.9. The lowest BCUT2D eigenvalue weighted by atomic mass is 10.2. The predicted octanol–water partition coefficient (Wildman–Crippen LogP) is 7.96. The maximum Gasteiger partial charge on any atom is 0.173 e. The second-order valence-corrected chi connectivity index (χ2v) is 6.85. The van der Waals surface area contributed by atoms with Crippen LogP contribution in [0.4, 0.5) is 0 Å². The maximum atomic E-state index is 6.14. The van der Waals surface area contributed by atoms with Crippen LogP contribution in [-0.2, 0) is 5.33 Å². The van der Waals surface area contributed by atoms with E-state index in [0.29, 0.717) is 22.6 Å². The molecule has 0 aliphatic heterocycles. The molecule has 0 heterocycles. The highest BCUT2D eigenvalue weighted by Crippen LogP contribution is 2.41. The molecule has 0 saturated carbocycles. The van der Waals surface area contributed by atoms with Gasteiger partial charge in [-0.2, -0.15) is 0 Å². The monoisotopic (exact) mass is 446 g/mol. The Labute approximate surface area is 178 Å². The summed E-state index contributed by atoms with van der Waals surface area (Å²) in [5.41, 5.74) is 0.959. The first kappa shape index (κ1) is 19.1. The van der Waals surface area contributed by atoms with E-state index in [2.05, 4.69) is 15.9 Å². The molecule has 4 aromatic rings. The third-order valence-corrected chi connectivity index (χ3v) is 4.79. The van der Waals surface area contributed by atoms with Crippen LogP contribution in [0.2, 0.25) is 0 Å². The Morgan fingerprint density at radius 2 is 0.862 bits per heavy atom. The first-order valence-electron chi connectivity index (χ1n) is 9.23. The molecule has 0 bridgehead atoms. The van der Waals surface area contributed by atoms with Gasteiger partial charge in [-0.1, -0.05) is 70.5 Å². The molecule has 4 rings (SSSR count). The van der Waals surface area contributed by atoms with Gasteiger partial charge in [-0.25, -0.2) is 0 Å². The molecule has 0 atom stereocenters. The average Bonchev–Trinajstić information content (AvgIpc) is 2.77. The fourth-order valence-corrected chi connectivity index (χ4v) is 3.23. The van der Waals surface area contributed by atoms with Crippen molar-refractivity contribution in [2.45, 2.75) is 5.33 Å². The van der Waals surface area contributed by atoms with Crippen LogP contribution in [0.25, 0.3) is 0 Å². The van der Waals surface area contributed by atoms with Crippen molar-refractivity contribution in [1.29, 1.82) is 0 Å². The van der Waals surface area contributed by atoms with Gasteiger partial charge in [-0.3, -0.25) is 0 Å². The van der Waals surface area contributed by atoms with Crippen molar-refractivity contribution in [2.24, 2.45) is 0 Å². The summed E-state index contributed by atoms with van der Waals surface area (Å²) in [6.07, 6.45) is 0. The van der Waals surface area contributed by atoms with Gasteiger partial charge < -0.3 is 14.2 Å². The number of hydrogen-bond acceptors (Lipinski definition) is 3. The Bertz CT molecular complexity index is 1050. The standard InChI is InChI=1S/C25H19BrO3/c26-18-19-16-24(28-21-12-6-2-7-13-21)25(29-22-14-8-3-9-15-22)17-23(19)27-20-10-4-1-5-11-20/h1-17H,18H2. The van der Waals surface area contributed by atoms with Gasteiger partial charge >= 0.3 is 0 Å². The van der Waals surface area contributed by atoms with Crippen LogP contribution in [0.3, 0.4) is 0 Å². The Hall–Kier alpha value is -3.24. The zero-order valence-electron chi connectivity index (χ0n) is 15.6. The molecule has 0 N–H and O–H groups in total. The molecule has 4 aromatic carbocycles. The van der Waals surface area contributed by atoms with E-state index in [1.54, 1.807) is 0 Å². The second-order valence-electron chi connectivity index (χ2n) is 6.29. The zero-order valence-corrected chi connectivity index (χ0v) is 17.2. The molecule has 0 aromatic heterocycles. The van der Waals surface area contributed by atoms with E-state index in [-0.39, 0.29) is 0 Å². The van der Waals surface area contributed by atoms with Crippen molar-refractivity contribution < 1.29 is 14.2 Å². The van der Waals surface area contributed by atoms with Gasteiger partial charge in [0.25, 0.3) is 0 Å². The molecular formula is C25H19BrO3. The fourth-order valence-electron chi connectivity index (χ4n) is 2.79. The first-order chi connectivity index (χ1) is 14.3. The number of benzene rings is 4. The highest BCUT2D eigenvalue weighted by Gasteiger charge is 2.15. The molecule has 144 valence electrons. The minimum Gasteiger partial charge on any atom is -0.457 e. The van der Waals surface area contributed by atoms with Crippen molar-refractivity contribution >= 4 is 15.9 Å². The average molecular weight is 447 g/mol. The third-order valence-electron chi connectivity index (χ3n) is 4.18. The summed E-state index contributed by atoms with van der Waals surface area (Å²) in [5, 5.41) is 0.617. The summed E-state index contributed by atoms with van der Waals surface area (Å²) in [5.74, 6) is 4.13. The number of alkyl halides is 1. The molecule has 0 radical (unpaired) electrons. The molecule has 0 unspecified atom stereocenters. The maximum absolute atomic E-state index is 6.14. The lowest BCUT2D eigenvalue weighted by molar-refractivity contribution is 0.411. The van der Waals surface area contributed by atoms with E-state index < -0.39 is 0 Å². The Morgan fingerprint density at radius 1 is 0.483 bits per heavy atom. The van der Waals surface area contributed by atoms with Gasteiger partial charge in [-0.05, 0) is 42.5 Å². The number of halogens is 1. The highest BCUT2D eigenvalue weighted by molar-refractivity contribution is 9.08. The second kappa shape index (κ2) is 9.30. The van der Waals surface area contributed by atoms with Crippen molar-refractivity contribution in [3.8, 4) is 34.5 Å². The van der Waals surface area contributed by atoms with Gasteiger partial charge in [0, 0.05) is 17.0 Å². The molecule has 0 fully saturated rings. The molecular weight excluding hydrogens is 428 g/mol. The van der Waals surface area contributed by atoms with Gasteiger partial charge in [0.1, 0.15) is 23.0 Å². The minimum absolute atomic E-state index is 0.579. The summed E-state index contributed by atoms with van der Waals surface area (Å²) >= 11 is 3.56. The molecule has 0 spiro atoms. The summed E-state index contributed by atoms with van der Waals surface area (Å²) < 4.78 is 18.4. The predicted molar refractivity (Wildman–Crippen MR) is 119 cm³/mol. The van der Waals surface area contributed by atoms with Crippen LogP contribution in [0, 0.1) is 0 Å². The summed E-state index contributed by atoms with van der Waals surface area (Å²) in [6.45, 7) is 0. The van der Waals surface area contributed by atoms with Crippen LogP contribution in [0.5, 0.6) is 34.5 Å². The van der Waals surface area contributed by atoms with E-state index in [4.69, 9.17) is 14.2 Å². The van der Waals surface area contributed by atoms with Crippen LogP contribution >= 0.6 is 15.9 Å². The zero-order chi connectivity index (χ0) is 19.9. The number of para-hydroxylation sites is 3. The molecule has 0 saturated heterocycles. The molecule has 0 aliphatic carbocycles. The topological polar surface area (TPSA) is 27.7 Å². The number of ether oxygens (including phenoxy) is 3. The number of rotatable bonds is 7. The van der Waals surface area contributed by atoms with Crippen LogP contribution in [-0.4, -0.2) is 0 Å². The first-order valence-corrected chi connectivity index (χ1v) is 10.4. The quantitative estimate of drug-likeness (QED) is 0.269. The van der Waals surface area contributed by atoms with Gasteiger partial charge in [0.15, 0.2) is 11.5 Å². The fraction of sp³-hybridized carbons (Fsp3) is 0.0400. The minimum atomic E-state index is 0.579. The molecule has 29 heavy (non-hydrogen) atoms. The Kier molecular flexibility index (Phi) is 6.13. The van der Waals surface area contributed by atoms with E-state index in [1.165, 1.54) is 0 Å².